The van der Waals surface area contributed by atoms with Gasteiger partial charge in [0.05, 0.1) is 17.5 Å². The van der Waals surface area contributed by atoms with E-state index in [4.69, 9.17) is 9.94 Å². The highest BCUT2D eigenvalue weighted by atomic mass is 16.6. The Hall–Kier alpha value is -1.84. The Morgan fingerprint density at radius 1 is 1.41 bits per heavy atom. The minimum absolute atomic E-state index is 0.0349. The Bertz CT molecular complexity index is 451. The van der Waals surface area contributed by atoms with Crippen LogP contribution in [0.3, 0.4) is 0 Å². The second kappa shape index (κ2) is 4.20. The van der Waals surface area contributed by atoms with Gasteiger partial charge in [0.15, 0.2) is 0 Å². The summed E-state index contributed by atoms with van der Waals surface area (Å²) in [7, 11) is 0. The van der Waals surface area contributed by atoms with Crippen LogP contribution in [0, 0.1) is 5.41 Å². The summed E-state index contributed by atoms with van der Waals surface area (Å²) in [6.07, 6.45) is -0.442. The van der Waals surface area contributed by atoms with Gasteiger partial charge in [-0.1, -0.05) is 49.3 Å². The first-order chi connectivity index (χ1) is 8.01. The van der Waals surface area contributed by atoms with E-state index < -0.39 is 12.1 Å². The van der Waals surface area contributed by atoms with Crippen LogP contribution >= 0.6 is 0 Å². The summed E-state index contributed by atoms with van der Waals surface area (Å²) in [5.74, 6) is -0.868. The first-order valence-corrected chi connectivity index (χ1v) is 5.53. The van der Waals surface area contributed by atoms with Crippen molar-refractivity contribution in [3.05, 3.63) is 35.9 Å². The van der Waals surface area contributed by atoms with E-state index >= 15 is 0 Å². The Kier molecular flexibility index (Phi) is 2.88. The Morgan fingerprint density at radius 3 is 2.65 bits per heavy atom. The van der Waals surface area contributed by atoms with Crippen molar-refractivity contribution in [1.82, 2.24) is 0 Å². The lowest BCUT2D eigenvalue weighted by molar-refractivity contribution is -0.141. The standard InChI is InChI=1S/C13H15NO3/c1-13(2)10(8-11(15)16)17-14-12(13)9-6-4-3-5-7-9/h3-7,10H,8H2,1-2H3,(H,15,16)/t10-/m0/s1. The monoisotopic (exact) mass is 233 g/mol. The molecular weight excluding hydrogens is 218 g/mol. The zero-order chi connectivity index (χ0) is 12.5. The Labute approximate surface area is 99.9 Å². The van der Waals surface area contributed by atoms with E-state index in [1.807, 2.05) is 44.2 Å². The molecule has 1 aliphatic rings. The highest BCUT2D eigenvalue weighted by Gasteiger charge is 2.43. The molecule has 0 unspecified atom stereocenters. The SMILES string of the molecule is CC1(C)C(c2ccccc2)=NO[C@H]1CC(=O)O. The highest BCUT2D eigenvalue weighted by Crippen LogP contribution is 2.36. The van der Waals surface area contributed by atoms with E-state index in [1.54, 1.807) is 0 Å². The third kappa shape index (κ3) is 2.16. The van der Waals surface area contributed by atoms with Gasteiger partial charge in [-0.3, -0.25) is 4.79 Å². The molecule has 1 N–H and O–H groups in total. The van der Waals surface area contributed by atoms with E-state index in [0.29, 0.717) is 0 Å². The van der Waals surface area contributed by atoms with Crippen LogP contribution in [-0.4, -0.2) is 22.9 Å². The van der Waals surface area contributed by atoms with Crippen molar-refractivity contribution < 1.29 is 14.7 Å². The lowest BCUT2D eigenvalue weighted by Crippen LogP contribution is -2.34. The van der Waals surface area contributed by atoms with Gasteiger partial charge in [0, 0.05) is 0 Å². The Morgan fingerprint density at radius 2 is 2.06 bits per heavy atom. The van der Waals surface area contributed by atoms with Crippen molar-refractivity contribution >= 4 is 11.7 Å². The van der Waals surface area contributed by atoms with E-state index in [1.165, 1.54) is 0 Å². The summed E-state index contributed by atoms with van der Waals surface area (Å²) in [6.45, 7) is 3.92. The molecule has 0 radical (unpaired) electrons. The summed E-state index contributed by atoms with van der Waals surface area (Å²) in [5, 5.41) is 12.9. The highest BCUT2D eigenvalue weighted by molar-refractivity contribution is 6.05. The topological polar surface area (TPSA) is 58.9 Å². The molecule has 0 spiro atoms. The van der Waals surface area contributed by atoms with Gasteiger partial charge in [-0.2, -0.15) is 0 Å². The molecule has 0 bridgehead atoms. The molecule has 1 heterocycles. The number of carboxylic acid groups (broad SMARTS) is 1. The zero-order valence-corrected chi connectivity index (χ0v) is 9.88. The first kappa shape index (κ1) is 11.6. The minimum atomic E-state index is -0.868. The van der Waals surface area contributed by atoms with Gasteiger partial charge in [0.25, 0.3) is 0 Å². The van der Waals surface area contributed by atoms with Crippen LogP contribution < -0.4 is 0 Å². The van der Waals surface area contributed by atoms with Crippen LogP contribution in [0.5, 0.6) is 0 Å². The fourth-order valence-corrected chi connectivity index (χ4v) is 1.99. The minimum Gasteiger partial charge on any atom is -0.481 e. The van der Waals surface area contributed by atoms with E-state index in [2.05, 4.69) is 5.16 Å². The number of carboxylic acids is 1. The maximum Gasteiger partial charge on any atom is 0.307 e. The number of benzene rings is 1. The molecule has 0 fully saturated rings. The summed E-state index contributed by atoms with van der Waals surface area (Å²) in [5.41, 5.74) is 1.40. The molecule has 17 heavy (non-hydrogen) atoms. The molecule has 1 aromatic carbocycles. The van der Waals surface area contributed by atoms with Crippen molar-refractivity contribution in [3.63, 3.8) is 0 Å². The van der Waals surface area contributed by atoms with E-state index in [0.717, 1.165) is 11.3 Å². The number of nitrogens with zero attached hydrogens (tertiary/aromatic N) is 1. The summed E-state index contributed by atoms with van der Waals surface area (Å²) in [4.78, 5) is 16.0. The molecule has 0 aromatic heterocycles. The molecule has 0 saturated carbocycles. The number of hydrogen-bond acceptors (Lipinski definition) is 3. The van der Waals surface area contributed by atoms with Gasteiger partial charge < -0.3 is 9.94 Å². The number of rotatable bonds is 3. The maximum absolute atomic E-state index is 10.8. The number of hydrogen-bond donors (Lipinski definition) is 1. The third-order valence-corrected chi connectivity index (χ3v) is 3.09. The van der Waals surface area contributed by atoms with Gasteiger partial charge in [-0.05, 0) is 5.56 Å². The molecule has 4 heteroatoms. The average Bonchev–Trinajstić information content (AvgIpc) is 2.55. The maximum atomic E-state index is 10.8. The number of carbonyl (C=O) groups is 1. The largest absolute Gasteiger partial charge is 0.481 e. The average molecular weight is 233 g/mol. The number of aliphatic carboxylic acids is 1. The van der Waals surface area contributed by atoms with Crippen molar-refractivity contribution in [3.8, 4) is 0 Å². The normalized spacial score (nSPS) is 21.8. The molecule has 1 atom stereocenters. The summed E-state index contributed by atoms with van der Waals surface area (Å²) >= 11 is 0. The molecule has 4 nitrogen and oxygen atoms in total. The lowest BCUT2D eigenvalue weighted by Gasteiger charge is -2.24. The molecule has 90 valence electrons. The lowest BCUT2D eigenvalue weighted by atomic mass is 9.78. The molecule has 0 aliphatic carbocycles. The predicted octanol–water partition coefficient (Wildman–Crippen LogP) is 2.29. The van der Waals surface area contributed by atoms with Gasteiger partial charge >= 0.3 is 5.97 Å². The predicted molar refractivity (Wildman–Crippen MR) is 63.9 cm³/mol. The van der Waals surface area contributed by atoms with Crippen molar-refractivity contribution in [2.45, 2.75) is 26.4 Å². The second-order valence-corrected chi connectivity index (χ2v) is 4.72. The second-order valence-electron chi connectivity index (χ2n) is 4.72. The summed E-state index contributed by atoms with van der Waals surface area (Å²) in [6, 6.07) is 9.69. The fourth-order valence-electron chi connectivity index (χ4n) is 1.99. The molecule has 1 aliphatic heterocycles. The van der Waals surface area contributed by atoms with Gasteiger partial charge in [-0.25, -0.2) is 0 Å². The van der Waals surface area contributed by atoms with Gasteiger partial charge in [-0.15, -0.1) is 0 Å². The van der Waals surface area contributed by atoms with Crippen LogP contribution in [-0.2, 0) is 9.63 Å². The van der Waals surface area contributed by atoms with E-state index in [-0.39, 0.29) is 11.8 Å². The van der Waals surface area contributed by atoms with Crippen molar-refractivity contribution in [1.29, 1.82) is 0 Å². The third-order valence-electron chi connectivity index (χ3n) is 3.09. The fraction of sp³-hybridized carbons (Fsp3) is 0.385. The molecule has 0 amide bonds. The van der Waals surface area contributed by atoms with Gasteiger partial charge in [0.1, 0.15) is 6.10 Å². The smallest absolute Gasteiger partial charge is 0.307 e. The van der Waals surface area contributed by atoms with Gasteiger partial charge in [0.2, 0.25) is 0 Å². The summed E-state index contributed by atoms with van der Waals surface area (Å²) < 4.78 is 0. The molecular formula is C13H15NO3. The van der Waals surface area contributed by atoms with Crippen LogP contribution in [0.4, 0.5) is 0 Å². The first-order valence-electron chi connectivity index (χ1n) is 5.53. The van der Waals surface area contributed by atoms with Crippen LogP contribution in [0.2, 0.25) is 0 Å². The quantitative estimate of drug-likeness (QED) is 0.871. The Balaban J connectivity index is 2.25. The molecule has 2 rings (SSSR count). The molecule has 0 saturated heterocycles. The van der Waals surface area contributed by atoms with Crippen molar-refractivity contribution in [2.75, 3.05) is 0 Å². The van der Waals surface area contributed by atoms with Crippen LogP contribution in [0.25, 0.3) is 0 Å². The van der Waals surface area contributed by atoms with E-state index in [9.17, 15) is 4.79 Å². The molecule has 1 aromatic rings. The van der Waals surface area contributed by atoms with Crippen molar-refractivity contribution in [2.24, 2.45) is 10.6 Å². The zero-order valence-electron chi connectivity index (χ0n) is 9.88. The van der Waals surface area contributed by atoms with Crippen LogP contribution in [0.15, 0.2) is 35.5 Å². The van der Waals surface area contributed by atoms with Crippen LogP contribution in [0.1, 0.15) is 25.8 Å². The number of oxime groups is 1.